The van der Waals surface area contributed by atoms with E-state index in [4.69, 9.17) is 18.5 Å². The molecular formula is C9H19O6P. The van der Waals surface area contributed by atoms with Gasteiger partial charge in [-0.25, -0.2) is 0 Å². The van der Waals surface area contributed by atoms with E-state index >= 15 is 0 Å². The van der Waals surface area contributed by atoms with Gasteiger partial charge in [-0.2, -0.15) is 0 Å². The molecule has 1 unspecified atom stereocenters. The van der Waals surface area contributed by atoms with Gasteiger partial charge in [0.1, 0.15) is 6.79 Å². The Labute approximate surface area is 95.4 Å². The SMILES string of the molecule is CCOP(=O)(OCC)C(O)C[C@@H]1COCO1. The maximum atomic E-state index is 12.1. The van der Waals surface area contributed by atoms with Gasteiger partial charge < -0.3 is 23.6 Å². The molecule has 1 N–H and O–H groups in total. The minimum Gasteiger partial charge on any atom is -0.380 e. The fraction of sp³-hybridized carbons (Fsp3) is 1.00. The molecule has 0 spiro atoms. The largest absolute Gasteiger partial charge is 0.380 e. The highest BCUT2D eigenvalue weighted by molar-refractivity contribution is 7.54. The summed E-state index contributed by atoms with van der Waals surface area (Å²) in [6.45, 7) is 4.48. The van der Waals surface area contributed by atoms with Gasteiger partial charge in [-0.3, -0.25) is 4.57 Å². The highest BCUT2D eigenvalue weighted by atomic mass is 31.2. The Kier molecular flexibility index (Phi) is 5.89. The third-order valence-electron chi connectivity index (χ3n) is 2.15. The van der Waals surface area contributed by atoms with Crippen molar-refractivity contribution in [2.75, 3.05) is 26.6 Å². The predicted octanol–water partition coefficient (Wildman–Crippen LogP) is 1.33. The zero-order chi connectivity index (χ0) is 12.0. The molecule has 0 saturated carbocycles. The second kappa shape index (κ2) is 6.69. The Hall–Kier alpha value is 0.0300. The van der Waals surface area contributed by atoms with E-state index < -0.39 is 13.4 Å². The van der Waals surface area contributed by atoms with E-state index in [1.54, 1.807) is 13.8 Å². The molecule has 2 atom stereocenters. The first-order valence-corrected chi connectivity index (χ1v) is 6.99. The van der Waals surface area contributed by atoms with Crippen LogP contribution in [0, 0.1) is 0 Å². The smallest absolute Gasteiger partial charge is 0.358 e. The summed E-state index contributed by atoms with van der Waals surface area (Å²) in [6.07, 6.45) is -0.0543. The first kappa shape index (κ1) is 14.1. The van der Waals surface area contributed by atoms with E-state index in [-0.39, 0.29) is 32.5 Å². The zero-order valence-corrected chi connectivity index (χ0v) is 10.5. The van der Waals surface area contributed by atoms with Gasteiger partial charge >= 0.3 is 7.60 Å². The van der Waals surface area contributed by atoms with E-state index in [9.17, 15) is 9.67 Å². The second-order valence-electron chi connectivity index (χ2n) is 3.37. The number of aliphatic hydroxyl groups excluding tert-OH is 1. The molecule has 0 bridgehead atoms. The maximum Gasteiger partial charge on any atom is 0.358 e. The van der Waals surface area contributed by atoms with Crippen molar-refractivity contribution in [3.63, 3.8) is 0 Å². The lowest BCUT2D eigenvalue weighted by Gasteiger charge is -2.23. The van der Waals surface area contributed by atoms with Gasteiger partial charge in [-0.15, -0.1) is 0 Å². The van der Waals surface area contributed by atoms with E-state index in [1.165, 1.54) is 0 Å². The average Bonchev–Trinajstić information content (AvgIpc) is 2.71. The third kappa shape index (κ3) is 3.80. The highest BCUT2D eigenvalue weighted by Gasteiger charge is 2.36. The fourth-order valence-electron chi connectivity index (χ4n) is 1.44. The van der Waals surface area contributed by atoms with Crippen molar-refractivity contribution < 1.29 is 28.2 Å². The molecule has 0 amide bonds. The van der Waals surface area contributed by atoms with Crippen molar-refractivity contribution in [1.29, 1.82) is 0 Å². The summed E-state index contributed by atoms with van der Waals surface area (Å²) in [5, 5.41) is 9.84. The van der Waals surface area contributed by atoms with Crippen LogP contribution in [-0.4, -0.2) is 43.7 Å². The molecule has 6 nitrogen and oxygen atoms in total. The molecule has 1 heterocycles. The molecule has 1 saturated heterocycles. The number of hydrogen-bond donors (Lipinski definition) is 1. The maximum absolute atomic E-state index is 12.1. The summed E-state index contributed by atoms with van der Waals surface area (Å²) < 4.78 is 32.3. The molecule has 0 radical (unpaired) electrons. The van der Waals surface area contributed by atoms with Crippen molar-refractivity contribution in [3.05, 3.63) is 0 Å². The van der Waals surface area contributed by atoms with Gasteiger partial charge in [-0.05, 0) is 13.8 Å². The van der Waals surface area contributed by atoms with E-state index in [0.717, 1.165) is 0 Å². The van der Waals surface area contributed by atoms with E-state index in [1.807, 2.05) is 0 Å². The van der Waals surface area contributed by atoms with E-state index in [2.05, 4.69) is 0 Å². The van der Waals surface area contributed by atoms with Crippen molar-refractivity contribution in [3.8, 4) is 0 Å². The standard InChI is InChI=1S/C9H19O6P/c1-3-14-16(11,15-4-2)9(10)5-8-6-12-7-13-8/h8-10H,3-7H2,1-2H3/t8-,9?/m1/s1. The molecule has 16 heavy (non-hydrogen) atoms. The monoisotopic (exact) mass is 254 g/mol. The van der Waals surface area contributed by atoms with Crippen LogP contribution in [0.5, 0.6) is 0 Å². The Morgan fingerprint density at radius 2 is 2.06 bits per heavy atom. The van der Waals surface area contributed by atoms with Crippen LogP contribution in [0.3, 0.4) is 0 Å². The highest BCUT2D eigenvalue weighted by Crippen LogP contribution is 2.53. The third-order valence-corrected chi connectivity index (χ3v) is 4.32. The molecule has 0 aromatic carbocycles. The summed E-state index contributed by atoms with van der Waals surface area (Å²) in [7, 11) is -3.44. The van der Waals surface area contributed by atoms with Crippen LogP contribution in [0.1, 0.15) is 20.3 Å². The predicted molar refractivity (Wildman–Crippen MR) is 57.2 cm³/mol. The van der Waals surface area contributed by atoms with Crippen molar-refractivity contribution in [2.24, 2.45) is 0 Å². The topological polar surface area (TPSA) is 74.2 Å². The van der Waals surface area contributed by atoms with Gasteiger partial charge in [0.15, 0.2) is 5.85 Å². The van der Waals surface area contributed by atoms with Crippen LogP contribution in [0.25, 0.3) is 0 Å². The molecule has 1 fully saturated rings. The van der Waals surface area contributed by atoms with Crippen LogP contribution in [0.4, 0.5) is 0 Å². The average molecular weight is 254 g/mol. The summed E-state index contributed by atoms with van der Waals surface area (Å²) in [5.74, 6) is -1.17. The Balaban J connectivity index is 2.51. The van der Waals surface area contributed by atoms with Gasteiger partial charge in [0.25, 0.3) is 0 Å². The Morgan fingerprint density at radius 1 is 1.44 bits per heavy atom. The van der Waals surface area contributed by atoms with Gasteiger partial charge in [-0.1, -0.05) is 0 Å². The van der Waals surface area contributed by atoms with Crippen LogP contribution in [0.15, 0.2) is 0 Å². The molecule has 96 valence electrons. The summed E-state index contributed by atoms with van der Waals surface area (Å²) in [6, 6.07) is 0. The lowest BCUT2D eigenvalue weighted by atomic mass is 10.3. The summed E-state index contributed by atoms with van der Waals surface area (Å²) in [5.41, 5.74) is 0. The molecule has 1 aliphatic rings. The first-order valence-electron chi connectivity index (χ1n) is 5.38. The summed E-state index contributed by atoms with van der Waals surface area (Å²) >= 11 is 0. The lowest BCUT2D eigenvalue weighted by molar-refractivity contribution is 0.0323. The minimum atomic E-state index is -3.44. The van der Waals surface area contributed by atoms with Crippen LogP contribution in [-0.2, 0) is 23.1 Å². The molecular weight excluding hydrogens is 235 g/mol. The summed E-state index contributed by atoms with van der Waals surface area (Å²) in [4.78, 5) is 0. The molecule has 0 aromatic heterocycles. The fourth-order valence-corrected chi connectivity index (χ4v) is 3.07. The minimum absolute atomic E-state index is 0.192. The number of hydrogen-bond acceptors (Lipinski definition) is 6. The van der Waals surface area contributed by atoms with Crippen molar-refractivity contribution in [1.82, 2.24) is 0 Å². The first-order chi connectivity index (χ1) is 7.62. The van der Waals surface area contributed by atoms with E-state index in [0.29, 0.717) is 6.61 Å². The Bertz CT molecular complexity index is 230. The zero-order valence-electron chi connectivity index (χ0n) is 9.63. The normalized spacial score (nSPS) is 23.6. The quantitative estimate of drug-likeness (QED) is 0.691. The van der Waals surface area contributed by atoms with Gasteiger partial charge in [0, 0.05) is 6.42 Å². The van der Waals surface area contributed by atoms with Crippen LogP contribution in [0.2, 0.25) is 0 Å². The van der Waals surface area contributed by atoms with Crippen LogP contribution < -0.4 is 0 Å². The molecule has 0 aromatic rings. The van der Waals surface area contributed by atoms with Crippen molar-refractivity contribution >= 4 is 7.60 Å². The molecule has 1 rings (SSSR count). The molecule has 0 aliphatic carbocycles. The lowest BCUT2D eigenvalue weighted by Crippen LogP contribution is -2.21. The Morgan fingerprint density at radius 3 is 2.50 bits per heavy atom. The number of aliphatic hydroxyl groups is 1. The number of rotatable bonds is 7. The molecule has 7 heteroatoms. The van der Waals surface area contributed by atoms with Crippen LogP contribution >= 0.6 is 7.60 Å². The molecule has 1 aliphatic heterocycles. The van der Waals surface area contributed by atoms with Gasteiger partial charge in [0.05, 0.1) is 25.9 Å². The second-order valence-corrected chi connectivity index (χ2v) is 5.56. The van der Waals surface area contributed by atoms with Crippen molar-refractivity contribution in [2.45, 2.75) is 32.2 Å². The number of ether oxygens (including phenoxy) is 2. The van der Waals surface area contributed by atoms with Gasteiger partial charge in [0.2, 0.25) is 0 Å².